The van der Waals surface area contributed by atoms with E-state index < -0.39 is 11.2 Å². The van der Waals surface area contributed by atoms with Crippen molar-refractivity contribution in [3.63, 3.8) is 0 Å². The summed E-state index contributed by atoms with van der Waals surface area (Å²) in [5.74, 6) is -0.592. The Kier molecular flexibility index (Phi) is 5.12. The van der Waals surface area contributed by atoms with E-state index in [0.29, 0.717) is 42.6 Å². The van der Waals surface area contributed by atoms with Gasteiger partial charge < -0.3 is 10.2 Å². The van der Waals surface area contributed by atoms with E-state index in [1.807, 2.05) is 6.92 Å². The molecule has 7 nitrogen and oxygen atoms in total. The monoisotopic (exact) mass is 455 g/mol. The van der Waals surface area contributed by atoms with Crippen LogP contribution in [0.3, 0.4) is 0 Å². The van der Waals surface area contributed by atoms with Crippen molar-refractivity contribution in [2.75, 3.05) is 4.90 Å². The Labute approximate surface area is 189 Å². The van der Waals surface area contributed by atoms with Crippen LogP contribution < -0.4 is 10.2 Å². The van der Waals surface area contributed by atoms with Gasteiger partial charge in [-0.3, -0.25) is 9.59 Å². The Morgan fingerprint density at radius 2 is 2.09 bits per heavy atom. The van der Waals surface area contributed by atoms with Crippen molar-refractivity contribution >= 4 is 34.7 Å². The van der Waals surface area contributed by atoms with Gasteiger partial charge in [0.15, 0.2) is 5.65 Å². The van der Waals surface area contributed by atoms with Crippen molar-refractivity contribution < 1.29 is 14.0 Å². The van der Waals surface area contributed by atoms with Gasteiger partial charge in [-0.15, -0.1) is 0 Å². The van der Waals surface area contributed by atoms with Crippen LogP contribution in [-0.2, 0) is 4.79 Å². The summed E-state index contributed by atoms with van der Waals surface area (Å²) in [6.07, 6.45) is 8.41. The summed E-state index contributed by atoms with van der Waals surface area (Å²) in [6, 6.07) is 5.85. The standard InChI is InChI=1S/C23H23ClFN5O2/c1-14-12-23(22(32)30(14)19-4-3-15(25)11-18(19)24)7-5-16(6-8-23)28-21(31)17-13-27-29-10-2-9-26-20(17)29/h2-4,9-11,13-14,16H,5-8,12H2,1H3,(H,28,31)/t14-,16?,23?/m0/s1. The maximum absolute atomic E-state index is 13.5. The fourth-order valence-corrected chi connectivity index (χ4v) is 5.46. The lowest BCUT2D eigenvalue weighted by Gasteiger charge is -2.36. The Balaban J connectivity index is 1.28. The highest BCUT2D eigenvalue weighted by molar-refractivity contribution is 6.34. The number of carbonyl (C=O) groups is 2. The first-order chi connectivity index (χ1) is 15.4. The van der Waals surface area contributed by atoms with Crippen LogP contribution in [0.1, 0.15) is 49.4 Å². The molecular weight excluding hydrogens is 433 g/mol. The Hall–Kier alpha value is -3.00. The number of anilines is 1. The fourth-order valence-electron chi connectivity index (χ4n) is 5.21. The largest absolute Gasteiger partial charge is 0.349 e. The molecule has 5 rings (SSSR count). The molecule has 2 aromatic heterocycles. The molecule has 9 heteroatoms. The second-order valence-electron chi connectivity index (χ2n) is 8.80. The van der Waals surface area contributed by atoms with Crippen molar-refractivity contribution in [2.24, 2.45) is 5.41 Å². The van der Waals surface area contributed by atoms with Crippen molar-refractivity contribution in [3.8, 4) is 0 Å². The molecule has 0 unspecified atom stereocenters. The zero-order valence-electron chi connectivity index (χ0n) is 17.6. The molecule has 1 saturated carbocycles. The molecule has 1 saturated heterocycles. The molecular formula is C23H23ClFN5O2. The third-order valence-corrected chi connectivity index (χ3v) is 7.07. The van der Waals surface area contributed by atoms with E-state index >= 15 is 0 Å². The minimum atomic E-state index is -0.468. The van der Waals surface area contributed by atoms with E-state index in [1.54, 1.807) is 33.9 Å². The molecule has 1 aliphatic carbocycles. The lowest BCUT2D eigenvalue weighted by molar-refractivity contribution is -0.127. The Bertz CT molecular complexity index is 1200. The molecule has 0 radical (unpaired) electrons. The zero-order chi connectivity index (χ0) is 22.5. The number of hydrogen-bond donors (Lipinski definition) is 1. The zero-order valence-corrected chi connectivity index (χ0v) is 18.3. The van der Waals surface area contributed by atoms with Gasteiger partial charge in [0.05, 0.1) is 22.3 Å². The van der Waals surface area contributed by atoms with Crippen molar-refractivity contribution in [3.05, 3.63) is 59.3 Å². The molecule has 2 fully saturated rings. The topological polar surface area (TPSA) is 79.6 Å². The maximum atomic E-state index is 13.5. The number of halogens is 2. The molecule has 0 bridgehead atoms. The van der Waals surface area contributed by atoms with Crippen LogP contribution in [0.15, 0.2) is 42.9 Å². The number of carbonyl (C=O) groups excluding carboxylic acids is 2. The number of aromatic nitrogens is 3. The highest BCUT2D eigenvalue weighted by atomic mass is 35.5. The molecule has 1 N–H and O–H groups in total. The van der Waals surface area contributed by atoms with E-state index in [-0.39, 0.29) is 28.9 Å². The Morgan fingerprint density at radius 1 is 1.31 bits per heavy atom. The van der Waals surface area contributed by atoms with Crippen LogP contribution in [0, 0.1) is 11.2 Å². The number of amides is 2. The molecule has 1 aliphatic heterocycles. The molecule has 2 aliphatic rings. The summed E-state index contributed by atoms with van der Waals surface area (Å²) in [6.45, 7) is 2.00. The van der Waals surface area contributed by atoms with Crippen molar-refractivity contribution in [1.82, 2.24) is 19.9 Å². The van der Waals surface area contributed by atoms with Crippen LogP contribution in [-0.4, -0.2) is 38.5 Å². The Morgan fingerprint density at radius 3 is 2.84 bits per heavy atom. The van der Waals surface area contributed by atoms with E-state index in [2.05, 4.69) is 15.4 Å². The average molecular weight is 456 g/mol. The van der Waals surface area contributed by atoms with Gasteiger partial charge >= 0.3 is 0 Å². The molecule has 1 atom stereocenters. The van der Waals surface area contributed by atoms with Gasteiger partial charge in [0, 0.05) is 24.5 Å². The van der Waals surface area contributed by atoms with Crippen LogP contribution in [0.2, 0.25) is 5.02 Å². The van der Waals surface area contributed by atoms with E-state index in [1.165, 1.54) is 18.3 Å². The molecule has 1 spiro atoms. The first-order valence-electron chi connectivity index (χ1n) is 10.8. The third-order valence-electron chi connectivity index (χ3n) is 6.77. The average Bonchev–Trinajstić information content (AvgIpc) is 3.30. The lowest BCUT2D eigenvalue weighted by atomic mass is 9.70. The summed E-state index contributed by atoms with van der Waals surface area (Å²) in [5.41, 5.74) is 1.04. The number of benzene rings is 1. The highest BCUT2D eigenvalue weighted by Gasteiger charge is 2.52. The van der Waals surface area contributed by atoms with Crippen LogP contribution in [0.4, 0.5) is 10.1 Å². The SMILES string of the molecule is C[C@H]1CC2(CCC(NC(=O)c3cnn4cccnc34)CC2)C(=O)N1c1ccc(F)cc1Cl. The van der Waals surface area contributed by atoms with Gasteiger partial charge in [-0.25, -0.2) is 13.9 Å². The number of fused-ring (bicyclic) bond motifs is 1. The van der Waals surface area contributed by atoms with E-state index in [0.717, 1.165) is 6.42 Å². The third kappa shape index (κ3) is 3.43. The van der Waals surface area contributed by atoms with Crippen LogP contribution in [0.25, 0.3) is 5.65 Å². The number of nitrogens with zero attached hydrogens (tertiary/aromatic N) is 4. The highest BCUT2D eigenvalue weighted by Crippen LogP contribution is 2.49. The van der Waals surface area contributed by atoms with Gasteiger partial charge in [-0.2, -0.15) is 5.10 Å². The summed E-state index contributed by atoms with van der Waals surface area (Å²) >= 11 is 6.25. The number of hydrogen-bond acceptors (Lipinski definition) is 4. The predicted octanol–water partition coefficient (Wildman–Crippen LogP) is 4.01. The summed E-state index contributed by atoms with van der Waals surface area (Å²) in [7, 11) is 0. The molecule has 3 aromatic rings. The second-order valence-corrected chi connectivity index (χ2v) is 9.21. The smallest absolute Gasteiger partial charge is 0.256 e. The van der Waals surface area contributed by atoms with Crippen molar-refractivity contribution in [1.29, 1.82) is 0 Å². The molecule has 166 valence electrons. The van der Waals surface area contributed by atoms with Gasteiger partial charge in [-0.1, -0.05) is 11.6 Å². The second kappa shape index (κ2) is 7.85. The number of rotatable bonds is 3. The van der Waals surface area contributed by atoms with Gasteiger partial charge in [-0.05, 0) is 63.3 Å². The quantitative estimate of drug-likeness (QED) is 0.647. The summed E-state index contributed by atoms with van der Waals surface area (Å²) < 4.78 is 15.0. The molecule has 3 heterocycles. The first-order valence-corrected chi connectivity index (χ1v) is 11.1. The minimum absolute atomic E-state index is 0.0154. The first kappa shape index (κ1) is 20.9. The van der Waals surface area contributed by atoms with Crippen LogP contribution >= 0.6 is 11.6 Å². The minimum Gasteiger partial charge on any atom is -0.349 e. The van der Waals surface area contributed by atoms with Crippen molar-refractivity contribution in [2.45, 2.75) is 51.1 Å². The normalized spacial score (nSPS) is 25.6. The van der Waals surface area contributed by atoms with Gasteiger partial charge in [0.25, 0.3) is 5.91 Å². The van der Waals surface area contributed by atoms with Gasteiger partial charge in [0.2, 0.25) is 5.91 Å². The fraction of sp³-hybridized carbons (Fsp3) is 0.391. The lowest BCUT2D eigenvalue weighted by Crippen LogP contribution is -2.44. The predicted molar refractivity (Wildman–Crippen MR) is 118 cm³/mol. The molecule has 2 amide bonds. The van der Waals surface area contributed by atoms with Gasteiger partial charge in [0.1, 0.15) is 11.4 Å². The van der Waals surface area contributed by atoms with E-state index in [9.17, 15) is 14.0 Å². The maximum Gasteiger partial charge on any atom is 0.256 e. The number of nitrogens with one attached hydrogen (secondary N) is 1. The summed E-state index contributed by atoms with van der Waals surface area (Å²) in [4.78, 5) is 32.2. The molecule has 1 aromatic carbocycles. The van der Waals surface area contributed by atoms with Crippen LogP contribution in [0.5, 0.6) is 0 Å². The summed E-state index contributed by atoms with van der Waals surface area (Å²) in [5, 5.41) is 7.49. The molecule has 32 heavy (non-hydrogen) atoms. The van der Waals surface area contributed by atoms with E-state index in [4.69, 9.17) is 11.6 Å².